The smallest absolute Gasteiger partial charge is 0.181 e. The van der Waals surface area contributed by atoms with E-state index < -0.39 is 0 Å². The van der Waals surface area contributed by atoms with Crippen molar-refractivity contribution in [2.24, 2.45) is 0 Å². The third kappa shape index (κ3) is 2.89. The fourth-order valence-corrected chi connectivity index (χ4v) is 4.43. The first-order valence-electron chi connectivity index (χ1n) is 9.52. The second-order valence-electron chi connectivity index (χ2n) is 7.16. The molecule has 6 aromatic heterocycles. The Hall–Kier alpha value is -3.98. The van der Waals surface area contributed by atoms with Crippen molar-refractivity contribution in [3.63, 3.8) is 0 Å². The zero-order chi connectivity index (χ0) is 20.9. The van der Waals surface area contributed by atoms with Gasteiger partial charge in [-0.15, -0.1) is 11.3 Å². The first-order chi connectivity index (χ1) is 15.2. The number of rotatable bonds is 3. The van der Waals surface area contributed by atoms with Crippen molar-refractivity contribution in [1.82, 2.24) is 35.1 Å². The van der Waals surface area contributed by atoms with Gasteiger partial charge in [0.15, 0.2) is 16.6 Å². The van der Waals surface area contributed by atoms with Crippen LogP contribution in [0.3, 0.4) is 0 Å². The lowest BCUT2D eigenvalue weighted by Crippen LogP contribution is -1.87. The van der Waals surface area contributed by atoms with Crippen LogP contribution in [0.25, 0.3) is 55.2 Å². The molecule has 0 atom stereocenters. The Kier molecular flexibility index (Phi) is 3.90. The van der Waals surface area contributed by atoms with E-state index in [0.717, 1.165) is 60.6 Å². The van der Waals surface area contributed by atoms with Crippen LogP contribution in [0.4, 0.5) is 4.39 Å². The van der Waals surface area contributed by atoms with Gasteiger partial charge in [0.2, 0.25) is 0 Å². The molecule has 0 aliphatic heterocycles. The van der Waals surface area contributed by atoms with Gasteiger partial charge in [0.25, 0.3) is 0 Å². The molecule has 0 radical (unpaired) electrons. The highest BCUT2D eigenvalue weighted by molar-refractivity contribution is 7.14. The number of halogens is 1. The Morgan fingerprint density at radius 3 is 2.74 bits per heavy atom. The van der Waals surface area contributed by atoms with Gasteiger partial charge in [-0.05, 0) is 36.8 Å². The molecular weight excluding hydrogens is 413 g/mol. The van der Waals surface area contributed by atoms with Gasteiger partial charge in [0.05, 0.1) is 17.1 Å². The highest BCUT2D eigenvalue weighted by atomic mass is 32.1. The average Bonchev–Trinajstić information content (AvgIpc) is 3.50. The van der Waals surface area contributed by atoms with Gasteiger partial charge in [-0.2, -0.15) is 9.49 Å². The average molecular weight is 427 g/mol. The third-order valence-corrected chi connectivity index (χ3v) is 6.14. The molecule has 0 unspecified atom stereocenters. The molecular formula is C22H14FN7S. The predicted octanol–water partition coefficient (Wildman–Crippen LogP) is 5.13. The van der Waals surface area contributed by atoms with Crippen LogP contribution in [0.1, 0.15) is 5.56 Å². The summed E-state index contributed by atoms with van der Waals surface area (Å²) >= 11 is 1.07. The molecule has 0 aliphatic carbocycles. The Labute approximate surface area is 179 Å². The molecule has 0 fully saturated rings. The second-order valence-corrected chi connectivity index (χ2v) is 8.19. The predicted molar refractivity (Wildman–Crippen MR) is 118 cm³/mol. The number of aryl methyl sites for hydroxylation is 1. The monoisotopic (exact) mass is 427 g/mol. The standard InChI is InChI=1S/C22H14FN7S/c1-11-4-5-24-8-14(11)12-6-13-20(29-30-21(13)26-7-12)22-27-16-10-25-9-15(19(16)28-22)17-2-3-18(23)31-17/h2-10H,1H3,(H,27,28)(H,26,29,30). The molecule has 0 saturated heterocycles. The zero-order valence-corrected chi connectivity index (χ0v) is 17.0. The van der Waals surface area contributed by atoms with Crippen LogP contribution in [0, 0.1) is 12.1 Å². The number of hydrogen-bond donors (Lipinski definition) is 2. The number of fused-ring (bicyclic) bond motifs is 2. The van der Waals surface area contributed by atoms with Gasteiger partial charge >= 0.3 is 0 Å². The van der Waals surface area contributed by atoms with E-state index in [0.29, 0.717) is 11.5 Å². The third-order valence-electron chi connectivity index (χ3n) is 5.23. The molecule has 0 aliphatic rings. The summed E-state index contributed by atoms with van der Waals surface area (Å²) in [5.41, 5.74) is 6.67. The van der Waals surface area contributed by atoms with Gasteiger partial charge < -0.3 is 4.98 Å². The van der Waals surface area contributed by atoms with E-state index in [1.54, 1.807) is 30.9 Å². The number of nitrogens with one attached hydrogen (secondary N) is 2. The van der Waals surface area contributed by atoms with Crippen molar-refractivity contribution in [2.75, 3.05) is 0 Å². The van der Waals surface area contributed by atoms with Crippen LogP contribution in [0.5, 0.6) is 0 Å². The Balaban J connectivity index is 1.52. The minimum Gasteiger partial charge on any atom is -0.335 e. The minimum atomic E-state index is -0.244. The minimum absolute atomic E-state index is 0.244. The molecule has 0 spiro atoms. The van der Waals surface area contributed by atoms with E-state index in [-0.39, 0.29) is 5.13 Å². The van der Waals surface area contributed by atoms with Crippen LogP contribution in [-0.4, -0.2) is 35.1 Å². The number of aromatic nitrogens is 7. The van der Waals surface area contributed by atoms with Crippen molar-refractivity contribution >= 4 is 33.4 Å². The molecule has 150 valence electrons. The van der Waals surface area contributed by atoms with Crippen LogP contribution < -0.4 is 0 Å². The lowest BCUT2D eigenvalue weighted by Gasteiger charge is -2.04. The summed E-state index contributed by atoms with van der Waals surface area (Å²) in [5, 5.41) is 7.98. The summed E-state index contributed by atoms with van der Waals surface area (Å²) in [5.74, 6) is 0.616. The number of H-pyrrole nitrogens is 2. The van der Waals surface area contributed by atoms with Crippen molar-refractivity contribution < 1.29 is 4.39 Å². The van der Waals surface area contributed by atoms with Gasteiger partial charge in [-0.25, -0.2) is 9.97 Å². The summed E-state index contributed by atoms with van der Waals surface area (Å²) in [6.07, 6.45) is 8.81. The fraction of sp³-hybridized carbons (Fsp3) is 0.0455. The molecule has 0 aromatic carbocycles. The second kappa shape index (κ2) is 6.78. The van der Waals surface area contributed by atoms with Crippen LogP contribution >= 0.6 is 11.3 Å². The van der Waals surface area contributed by atoms with E-state index in [1.807, 2.05) is 25.3 Å². The zero-order valence-electron chi connectivity index (χ0n) is 16.2. The van der Waals surface area contributed by atoms with Gasteiger partial charge in [-0.1, -0.05) is 0 Å². The quantitative estimate of drug-likeness (QED) is 0.408. The number of nitrogens with zero attached hydrogens (tertiary/aromatic N) is 5. The molecule has 0 saturated carbocycles. The topological polar surface area (TPSA) is 96.0 Å². The maximum Gasteiger partial charge on any atom is 0.181 e. The van der Waals surface area contributed by atoms with E-state index in [9.17, 15) is 4.39 Å². The Morgan fingerprint density at radius 2 is 1.90 bits per heavy atom. The van der Waals surface area contributed by atoms with E-state index in [1.165, 1.54) is 6.07 Å². The Bertz CT molecular complexity index is 1580. The lowest BCUT2D eigenvalue weighted by atomic mass is 10.0. The van der Waals surface area contributed by atoms with E-state index in [2.05, 4.69) is 30.1 Å². The molecule has 6 aromatic rings. The molecule has 0 bridgehead atoms. The SMILES string of the molecule is Cc1ccncc1-c1cnc2n[nH]c(-c3nc4c(-c5ccc(F)s5)cncc4[nH]3)c2c1. The largest absolute Gasteiger partial charge is 0.335 e. The summed E-state index contributed by atoms with van der Waals surface area (Å²) in [7, 11) is 0. The van der Waals surface area contributed by atoms with Crippen molar-refractivity contribution in [1.29, 1.82) is 0 Å². The summed E-state index contributed by atoms with van der Waals surface area (Å²) in [4.78, 5) is 21.9. The number of hydrogen-bond acceptors (Lipinski definition) is 6. The number of aromatic amines is 2. The Morgan fingerprint density at radius 1 is 1.00 bits per heavy atom. The van der Waals surface area contributed by atoms with Crippen molar-refractivity contribution in [3.8, 4) is 33.1 Å². The summed E-state index contributed by atoms with van der Waals surface area (Å²) < 4.78 is 13.6. The van der Waals surface area contributed by atoms with Crippen LogP contribution in [0.2, 0.25) is 0 Å². The maximum atomic E-state index is 13.6. The summed E-state index contributed by atoms with van der Waals surface area (Å²) in [6, 6.07) is 7.19. The van der Waals surface area contributed by atoms with Crippen LogP contribution in [-0.2, 0) is 0 Å². The number of pyridine rings is 3. The molecule has 2 N–H and O–H groups in total. The summed E-state index contributed by atoms with van der Waals surface area (Å²) in [6.45, 7) is 2.04. The number of thiophene rings is 1. The highest BCUT2D eigenvalue weighted by Crippen LogP contribution is 2.34. The van der Waals surface area contributed by atoms with Crippen molar-refractivity contribution in [3.05, 3.63) is 65.9 Å². The maximum absolute atomic E-state index is 13.6. The van der Waals surface area contributed by atoms with Crippen molar-refractivity contribution in [2.45, 2.75) is 6.92 Å². The molecule has 6 rings (SSSR count). The molecule has 7 nitrogen and oxygen atoms in total. The van der Waals surface area contributed by atoms with Gasteiger partial charge in [0.1, 0.15) is 11.2 Å². The van der Waals surface area contributed by atoms with Crippen LogP contribution in [0.15, 0.2) is 55.2 Å². The molecule has 31 heavy (non-hydrogen) atoms. The molecule has 6 heterocycles. The van der Waals surface area contributed by atoms with Gasteiger partial charge in [0, 0.05) is 46.4 Å². The van der Waals surface area contributed by atoms with E-state index in [4.69, 9.17) is 4.98 Å². The normalized spacial score (nSPS) is 11.5. The highest BCUT2D eigenvalue weighted by Gasteiger charge is 2.17. The first kappa shape index (κ1) is 17.8. The van der Waals surface area contributed by atoms with E-state index >= 15 is 0 Å². The fourth-order valence-electron chi connectivity index (χ4n) is 3.68. The molecule has 0 amide bonds. The number of imidazole rings is 1. The molecule has 9 heteroatoms. The lowest BCUT2D eigenvalue weighted by molar-refractivity contribution is 0.657. The first-order valence-corrected chi connectivity index (χ1v) is 10.3. The van der Waals surface area contributed by atoms with Gasteiger partial charge in [-0.3, -0.25) is 15.1 Å².